The molecule has 1 aromatic rings. The van der Waals surface area contributed by atoms with Crippen molar-refractivity contribution in [1.82, 2.24) is 15.2 Å². The van der Waals surface area contributed by atoms with Gasteiger partial charge in [0.1, 0.15) is 6.04 Å². The Morgan fingerprint density at radius 1 is 1.85 bits per heavy atom. The van der Waals surface area contributed by atoms with Gasteiger partial charge in [0.15, 0.2) is 0 Å². The van der Waals surface area contributed by atoms with Crippen LogP contribution in [0.5, 0.6) is 0 Å². The monoisotopic (exact) mass is 202 g/mol. The molecule has 0 aliphatic carbocycles. The molecule has 0 saturated carbocycles. The summed E-state index contributed by atoms with van der Waals surface area (Å²) in [5, 5.41) is 4.59. The highest BCUT2D eigenvalue weighted by atomic mass is 35.5. The zero-order valence-corrected chi connectivity index (χ0v) is 8.17. The molecule has 1 heterocycles. The molecule has 0 spiro atoms. The maximum Gasteiger partial charge on any atom is 0.258 e. The van der Waals surface area contributed by atoms with Crippen molar-refractivity contribution < 1.29 is 4.79 Å². The summed E-state index contributed by atoms with van der Waals surface area (Å²) in [5.41, 5.74) is 2.74. The second-order valence-corrected chi connectivity index (χ2v) is 3.13. The zero-order valence-electron chi connectivity index (χ0n) is 7.41. The summed E-state index contributed by atoms with van der Waals surface area (Å²) in [6.07, 6.45) is 1.59. The fourth-order valence-electron chi connectivity index (χ4n) is 0.899. The maximum absolute atomic E-state index is 11.1. The van der Waals surface area contributed by atoms with E-state index in [1.807, 2.05) is 5.43 Å². The number of rotatable bonds is 2. The van der Waals surface area contributed by atoms with Crippen molar-refractivity contribution >= 4 is 17.5 Å². The largest absolute Gasteiger partial charge is 0.292 e. The smallest absolute Gasteiger partial charge is 0.258 e. The number of hydrazine groups is 1. The Balaban J connectivity index is 2.89. The molecule has 1 amide bonds. The summed E-state index contributed by atoms with van der Waals surface area (Å²) in [6, 6.07) is -0.448. The van der Waals surface area contributed by atoms with Crippen LogP contribution in [-0.4, -0.2) is 15.7 Å². The van der Waals surface area contributed by atoms with Crippen molar-refractivity contribution in [3.8, 4) is 0 Å². The van der Waals surface area contributed by atoms with Gasteiger partial charge in [-0.25, -0.2) is 5.84 Å². The molecule has 13 heavy (non-hydrogen) atoms. The first-order valence-corrected chi connectivity index (χ1v) is 4.15. The standard InChI is InChI=1S/C7H11ClN4O/c1-4-6(8)3-12(11-4)5(2)7(13)10-9/h3,5H,9H2,1-2H3,(H,10,13)/t5-/m1/s1. The lowest BCUT2D eigenvalue weighted by molar-refractivity contribution is -0.124. The Morgan fingerprint density at radius 3 is 2.85 bits per heavy atom. The molecule has 0 saturated heterocycles. The summed E-state index contributed by atoms with van der Waals surface area (Å²) >= 11 is 5.78. The maximum atomic E-state index is 11.1. The van der Waals surface area contributed by atoms with E-state index < -0.39 is 6.04 Å². The molecule has 0 aromatic carbocycles. The predicted octanol–water partition coefficient (Wildman–Crippen LogP) is 0.396. The number of nitrogens with one attached hydrogen (secondary N) is 1. The van der Waals surface area contributed by atoms with Gasteiger partial charge in [-0.3, -0.25) is 14.9 Å². The molecule has 0 unspecified atom stereocenters. The fraction of sp³-hybridized carbons (Fsp3) is 0.429. The average Bonchev–Trinajstić information content (AvgIpc) is 2.44. The third-order valence-corrected chi connectivity index (χ3v) is 2.15. The highest BCUT2D eigenvalue weighted by molar-refractivity contribution is 6.31. The van der Waals surface area contributed by atoms with Crippen LogP contribution in [0.15, 0.2) is 6.20 Å². The second-order valence-electron chi connectivity index (χ2n) is 2.73. The van der Waals surface area contributed by atoms with Gasteiger partial charge in [-0.05, 0) is 13.8 Å². The average molecular weight is 203 g/mol. The Bertz CT molecular complexity index is 303. The molecule has 72 valence electrons. The molecule has 1 aromatic heterocycles. The molecule has 5 nitrogen and oxygen atoms in total. The SMILES string of the molecule is Cc1nn([C@H](C)C(=O)NN)cc1Cl. The van der Waals surface area contributed by atoms with Crippen molar-refractivity contribution in [2.24, 2.45) is 5.84 Å². The van der Waals surface area contributed by atoms with E-state index >= 15 is 0 Å². The summed E-state index contributed by atoms with van der Waals surface area (Å²) in [5.74, 6) is 4.68. The first-order chi connectivity index (χ1) is 6.06. The number of carbonyl (C=O) groups is 1. The van der Waals surface area contributed by atoms with Crippen molar-refractivity contribution in [3.63, 3.8) is 0 Å². The second kappa shape index (κ2) is 3.76. The predicted molar refractivity (Wildman–Crippen MR) is 49.0 cm³/mol. The van der Waals surface area contributed by atoms with Gasteiger partial charge in [0.2, 0.25) is 0 Å². The van der Waals surface area contributed by atoms with Crippen LogP contribution in [0.1, 0.15) is 18.7 Å². The molecular formula is C7H11ClN4O. The van der Waals surface area contributed by atoms with Crippen LogP contribution >= 0.6 is 11.6 Å². The van der Waals surface area contributed by atoms with E-state index in [0.717, 1.165) is 0 Å². The topological polar surface area (TPSA) is 72.9 Å². The Hall–Kier alpha value is -1.07. The van der Waals surface area contributed by atoms with Gasteiger partial charge in [0, 0.05) is 6.20 Å². The lowest BCUT2D eigenvalue weighted by Crippen LogP contribution is -2.36. The molecule has 1 atom stereocenters. The lowest BCUT2D eigenvalue weighted by Gasteiger charge is -2.09. The molecule has 0 bridgehead atoms. The normalized spacial score (nSPS) is 12.6. The number of nitrogens with zero attached hydrogens (tertiary/aromatic N) is 2. The number of hydrogen-bond acceptors (Lipinski definition) is 3. The summed E-state index contributed by atoms with van der Waals surface area (Å²) in [7, 11) is 0. The van der Waals surface area contributed by atoms with Crippen LogP contribution < -0.4 is 11.3 Å². The van der Waals surface area contributed by atoms with Crippen molar-refractivity contribution in [2.75, 3.05) is 0 Å². The molecule has 0 aliphatic rings. The Morgan fingerprint density at radius 2 is 2.46 bits per heavy atom. The van der Waals surface area contributed by atoms with Gasteiger partial charge < -0.3 is 0 Å². The summed E-state index contributed by atoms with van der Waals surface area (Å²) in [4.78, 5) is 11.1. The number of carbonyl (C=O) groups excluding carboxylic acids is 1. The minimum atomic E-state index is -0.448. The van der Waals surface area contributed by atoms with Gasteiger partial charge in [-0.15, -0.1) is 0 Å². The van der Waals surface area contributed by atoms with Gasteiger partial charge in [-0.2, -0.15) is 5.10 Å². The third-order valence-electron chi connectivity index (χ3n) is 1.78. The number of nitrogens with two attached hydrogens (primary N) is 1. The first-order valence-electron chi connectivity index (χ1n) is 3.78. The van der Waals surface area contributed by atoms with Crippen LogP contribution in [-0.2, 0) is 4.79 Å². The number of amides is 1. The summed E-state index contributed by atoms with van der Waals surface area (Å²) < 4.78 is 1.47. The number of aromatic nitrogens is 2. The van der Waals surface area contributed by atoms with E-state index in [2.05, 4.69) is 5.10 Å². The highest BCUT2D eigenvalue weighted by Crippen LogP contribution is 2.15. The van der Waals surface area contributed by atoms with Gasteiger partial charge >= 0.3 is 0 Å². The molecule has 1 rings (SSSR count). The van der Waals surface area contributed by atoms with Crippen molar-refractivity contribution in [2.45, 2.75) is 19.9 Å². The Labute approximate surface area is 80.8 Å². The minimum absolute atomic E-state index is 0.306. The van der Waals surface area contributed by atoms with Crippen molar-refractivity contribution in [3.05, 3.63) is 16.9 Å². The van der Waals surface area contributed by atoms with Crippen LogP contribution in [0, 0.1) is 6.92 Å². The van der Waals surface area contributed by atoms with E-state index in [-0.39, 0.29) is 5.91 Å². The number of hydrogen-bond donors (Lipinski definition) is 2. The van der Waals surface area contributed by atoms with E-state index in [9.17, 15) is 4.79 Å². The molecule has 0 fully saturated rings. The van der Waals surface area contributed by atoms with Gasteiger partial charge in [-0.1, -0.05) is 11.6 Å². The van der Waals surface area contributed by atoms with Crippen LogP contribution in [0.25, 0.3) is 0 Å². The van der Waals surface area contributed by atoms with Crippen molar-refractivity contribution in [1.29, 1.82) is 0 Å². The highest BCUT2D eigenvalue weighted by Gasteiger charge is 2.15. The molecular weight excluding hydrogens is 192 g/mol. The number of aryl methyl sites for hydroxylation is 1. The van der Waals surface area contributed by atoms with E-state index in [1.165, 1.54) is 4.68 Å². The van der Waals surface area contributed by atoms with Gasteiger partial charge in [0.25, 0.3) is 5.91 Å². The minimum Gasteiger partial charge on any atom is -0.292 e. The Kier molecular flexibility index (Phi) is 2.90. The van der Waals surface area contributed by atoms with Crippen LogP contribution in [0.3, 0.4) is 0 Å². The molecule has 6 heteroatoms. The van der Waals surface area contributed by atoms with Crippen LogP contribution in [0.4, 0.5) is 0 Å². The van der Waals surface area contributed by atoms with Gasteiger partial charge in [0.05, 0.1) is 10.7 Å². The molecule has 0 radical (unpaired) electrons. The number of halogens is 1. The molecule has 0 aliphatic heterocycles. The third kappa shape index (κ3) is 1.99. The van der Waals surface area contributed by atoms with E-state index in [0.29, 0.717) is 10.7 Å². The zero-order chi connectivity index (χ0) is 10.0. The lowest BCUT2D eigenvalue weighted by atomic mass is 10.3. The molecule has 3 N–H and O–H groups in total. The quantitative estimate of drug-likeness (QED) is 0.414. The fourth-order valence-corrected chi connectivity index (χ4v) is 1.04. The summed E-state index contributed by atoms with van der Waals surface area (Å²) in [6.45, 7) is 3.46. The van der Waals surface area contributed by atoms with E-state index in [4.69, 9.17) is 17.4 Å². The van der Waals surface area contributed by atoms with E-state index in [1.54, 1.807) is 20.0 Å². The first kappa shape index (κ1) is 10.0. The van der Waals surface area contributed by atoms with Crippen LogP contribution in [0.2, 0.25) is 5.02 Å².